The van der Waals surface area contributed by atoms with Gasteiger partial charge in [0.2, 0.25) is 6.29 Å². The first-order valence-electron chi connectivity index (χ1n) is 4.56. The van der Waals surface area contributed by atoms with Gasteiger partial charge in [0.15, 0.2) is 0 Å². The lowest BCUT2D eigenvalue weighted by atomic mass is 10.1. The van der Waals surface area contributed by atoms with E-state index in [2.05, 4.69) is 5.29 Å². The fourth-order valence-electron chi connectivity index (χ4n) is 1.28. The van der Waals surface area contributed by atoms with Crippen molar-refractivity contribution < 1.29 is 4.79 Å². The maximum absolute atomic E-state index is 10.8. The molecule has 0 aromatic heterocycles. The highest BCUT2D eigenvalue weighted by Crippen LogP contribution is 2.23. The maximum atomic E-state index is 10.8. The van der Waals surface area contributed by atoms with Gasteiger partial charge < -0.3 is 0 Å². The number of hydrogen-bond donors (Lipinski definition) is 0. The quantitative estimate of drug-likeness (QED) is 0.546. The van der Waals surface area contributed by atoms with Gasteiger partial charge in [0.25, 0.3) is 0 Å². The number of nitrogens with zero attached hydrogens (tertiary/aromatic N) is 2. The van der Waals surface area contributed by atoms with E-state index in [9.17, 15) is 9.70 Å². The minimum absolute atomic E-state index is 0.655. The molecule has 0 spiro atoms. The average molecular weight is 204 g/mol. The van der Waals surface area contributed by atoms with E-state index in [1.807, 2.05) is 12.4 Å². The molecular formula is C11H12N2O2. The van der Waals surface area contributed by atoms with Crippen molar-refractivity contribution in [2.75, 3.05) is 0 Å². The standard InChI is InChI=1S/C11H12N2O2/c1-9(2)13(12-15)11(8-14)10-6-4-3-5-7-10/h3-7,11H,1-2H3. The molecule has 0 saturated heterocycles. The van der Waals surface area contributed by atoms with Crippen molar-refractivity contribution in [2.24, 2.45) is 5.29 Å². The Balaban J connectivity index is 2.97. The van der Waals surface area contributed by atoms with E-state index in [-0.39, 0.29) is 0 Å². The second-order valence-electron chi connectivity index (χ2n) is 3.30. The predicted octanol–water partition coefficient (Wildman–Crippen LogP) is 2.39. The highest BCUT2D eigenvalue weighted by molar-refractivity contribution is 5.62. The van der Waals surface area contributed by atoms with E-state index < -0.39 is 6.04 Å². The van der Waals surface area contributed by atoms with Crippen LogP contribution in [0.15, 0.2) is 35.6 Å². The molecule has 78 valence electrons. The van der Waals surface area contributed by atoms with Crippen molar-refractivity contribution in [1.29, 1.82) is 0 Å². The van der Waals surface area contributed by atoms with Crippen LogP contribution in [0.1, 0.15) is 25.5 Å². The molecule has 0 heterocycles. The molecule has 4 heteroatoms. The van der Waals surface area contributed by atoms with Crippen molar-refractivity contribution in [3.63, 3.8) is 0 Å². The smallest absolute Gasteiger partial charge is 0.229 e. The second-order valence-corrected chi connectivity index (χ2v) is 3.30. The summed E-state index contributed by atoms with van der Waals surface area (Å²) in [6, 6.07) is 8.86. The van der Waals surface area contributed by atoms with Crippen LogP contribution >= 0.6 is 0 Å². The van der Waals surface area contributed by atoms with Gasteiger partial charge in [-0.05, 0) is 19.4 Å². The number of hydrogen-bond acceptors (Lipinski definition) is 3. The molecule has 15 heavy (non-hydrogen) atoms. The molecule has 0 fully saturated rings. The number of benzene rings is 1. The topological polar surface area (TPSA) is 49.7 Å². The summed E-state index contributed by atoms with van der Waals surface area (Å²) >= 11 is 0. The summed E-state index contributed by atoms with van der Waals surface area (Å²) in [6.07, 6.45) is 1.81. The van der Waals surface area contributed by atoms with Crippen LogP contribution in [0.3, 0.4) is 0 Å². The molecule has 1 rings (SSSR count). The van der Waals surface area contributed by atoms with E-state index in [1.165, 1.54) is 0 Å². The fourth-order valence-corrected chi connectivity index (χ4v) is 1.28. The molecule has 1 unspecified atom stereocenters. The van der Waals surface area contributed by atoms with Crippen LogP contribution in [-0.4, -0.2) is 11.3 Å². The first-order chi connectivity index (χ1) is 7.20. The van der Waals surface area contributed by atoms with Crippen molar-refractivity contribution in [3.05, 3.63) is 46.8 Å². The molecule has 0 amide bonds. The van der Waals surface area contributed by atoms with Crippen molar-refractivity contribution in [2.45, 2.75) is 19.9 Å². The first kappa shape index (κ1) is 11.4. The molecule has 0 saturated carbocycles. The van der Waals surface area contributed by atoms with Crippen molar-refractivity contribution in [3.8, 4) is 0 Å². The maximum Gasteiger partial charge on any atom is 0.229 e. The Morgan fingerprint density at radius 1 is 1.33 bits per heavy atom. The monoisotopic (exact) mass is 204 g/mol. The summed E-state index contributed by atoms with van der Waals surface area (Å²) < 4.78 is 0. The molecule has 0 aliphatic heterocycles. The molecule has 0 bridgehead atoms. The predicted molar refractivity (Wildman–Crippen MR) is 57.1 cm³/mol. The molecule has 2 radical (unpaired) electrons. The van der Waals surface area contributed by atoms with E-state index in [0.717, 1.165) is 5.01 Å². The van der Waals surface area contributed by atoms with E-state index >= 15 is 0 Å². The molecule has 1 aromatic rings. The van der Waals surface area contributed by atoms with Crippen molar-refractivity contribution >= 4 is 6.29 Å². The zero-order valence-corrected chi connectivity index (χ0v) is 8.68. The fraction of sp³-hybridized carbons (Fsp3) is 0.273. The van der Waals surface area contributed by atoms with E-state index in [1.54, 1.807) is 38.1 Å². The molecule has 0 N–H and O–H groups in total. The Morgan fingerprint density at radius 2 is 1.93 bits per heavy atom. The third kappa shape index (κ3) is 2.62. The Labute approximate surface area is 88.8 Å². The number of rotatable bonds is 5. The van der Waals surface area contributed by atoms with Crippen LogP contribution in [0.2, 0.25) is 0 Å². The highest BCUT2D eigenvalue weighted by Gasteiger charge is 2.23. The Bertz CT molecular complexity index is 325. The van der Waals surface area contributed by atoms with Gasteiger partial charge in [-0.1, -0.05) is 30.3 Å². The largest absolute Gasteiger partial charge is 0.288 e. The SMILES string of the molecule is C[C](C)N(N=O)C([C]=O)c1ccccc1. The zero-order valence-electron chi connectivity index (χ0n) is 8.68. The summed E-state index contributed by atoms with van der Waals surface area (Å²) in [5.74, 6) is 0. The Kier molecular flexibility index (Phi) is 3.97. The second kappa shape index (κ2) is 5.24. The normalized spacial score (nSPS) is 12.2. The molecule has 0 aliphatic rings. The number of carbonyl (C=O) groups excluding carboxylic acids is 1. The van der Waals surface area contributed by atoms with Crippen LogP contribution < -0.4 is 0 Å². The Morgan fingerprint density at radius 3 is 2.33 bits per heavy atom. The van der Waals surface area contributed by atoms with Crippen LogP contribution in [0, 0.1) is 10.9 Å². The zero-order chi connectivity index (χ0) is 11.3. The van der Waals surface area contributed by atoms with Crippen LogP contribution in [0.5, 0.6) is 0 Å². The molecular weight excluding hydrogens is 192 g/mol. The van der Waals surface area contributed by atoms with Gasteiger partial charge >= 0.3 is 0 Å². The lowest BCUT2D eigenvalue weighted by Crippen LogP contribution is -2.25. The summed E-state index contributed by atoms with van der Waals surface area (Å²) in [7, 11) is 0. The highest BCUT2D eigenvalue weighted by atomic mass is 16.3. The van der Waals surface area contributed by atoms with Crippen molar-refractivity contribution in [1.82, 2.24) is 5.01 Å². The van der Waals surface area contributed by atoms with Gasteiger partial charge in [-0.25, -0.2) is 5.01 Å². The average Bonchev–Trinajstić information content (AvgIpc) is 2.26. The number of nitroso groups, excluding NO2 is 1. The van der Waals surface area contributed by atoms with Gasteiger partial charge in [-0.3, -0.25) is 4.79 Å². The van der Waals surface area contributed by atoms with Crippen LogP contribution in [0.4, 0.5) is 0 Å². The van der Waals surface area contributed by atoms with Gasteiger partial charge in [0.1, 0.15) is 6.04 Å². The third-order valence-electron chi connectivity index (χ3n) is 2.02. The summed E-state index contributed by atoms with van der Waals surface area (Å²) in [4.78, 5) is 21.4. The lowest BCUT2D eigenvalue weighted by molar-refractivity contribution is 0.265. The first-order valence-corrected chi connectivity index (χ1v) is 4.56. The minimum atomic E-state index is -0.756. The minimum Gasteiger partial charge on any atom is -0.288 e. The third-order valence-corrected chi connectivity index (χ3v) is 2.02. The Hall–Kier alpha value is -1.71. The van der Waals surface area contributed by atoms with Gasteiger partial charge in [-0.15, -0.1) is 4.91 Å². The summed E-state index contributed by atoms with van der Waals surface area (Å²) in [6.45, 7) is 3.43. The molecule has 1 atom stereocenters. The molecule has 1 aromatic carbocycles. The van der Waals surface area contributed by atoms with E-state index in [0.29, 0.717) is 11.6 Å². The van der Waals surface area contributed by atoms with Crippen LogP contribution in [0.25, 0.3) is 0 Å². The van der Waals surface area contributed by atoms with Gasteiger partial charge in [0.05, 0.1) is 11.3 Å². The molecule has 0 aliphatic carbocycles. The van der Waals surface area contributed by atoms with Gasteiger partial charge in [-0.2, -0.15) is 0 Å². The van der Waals surface area contributed by atoms with E-state index in [4.69, 9.17) is 0 Å². The summed E-state index contributed by atoms with van der Waals surface area (Å²) in [5.41, 5.74) is 0.702. The lowest BCUT2D eigenvalue weighted by Gasteiger charge is -2.24. The molecule has 4 nitrogen and oxygen atoms in total. The summed E-state index contributed by atoms with van der Waals surface area (Å²) in [5, 5.41) is 3.93. The van der Waals surface area contributed by atoms with Crippen LogP contribution in [-0.2, 0) is 4.79 Å². The van der Waals surface area contributed by atoms with Gasteiger partial charge in [0, 0.05) is 0 Å².